The van der Waals surface area contributed by atoms with Crippen molar-refractivity contribution in [2.75, 3.05) is 0 Å². The largest absolute Gasteiger partial charge is 0.480 e. The molecule has 3 rings (SSSR count). The van der Waals surface area contributed by atoms with Gasteiger partial charge >= 0.3 is 5.97 Å². The van der Waals surface area contributed by atoms with Crippen LogP contribution in [-0.2, 0) is 11.2 Å². The van der Waals surface area contributed by atoms with E-state index in [0.717, 1.165) is 22.4 Å². The van der Waals surface area contributed by atoms with Crippen molar-refractivity contribution in [3.63, 3.8) is 0 Å². The third kappa shape index (κ3) is 2.70. The third-order valence-electron chi connectivity index (χ3n) is 3.69. The van der Waals surface area contributed by atoms with E-state index in [1.807, 2.05) is 48.5 Å². The molecule has 3 aromatic rings. The molecule has 0 spiro atoms. The highest BCUT2D eigenvalue weighted by Gasteiger charge is 2.20. The highest BCUT2D eigenvalue weighted by Crippen LogP contribution is 2.23. The van der Waals surface area contributed by atoms with E-state index in [0.29, 0.717) is 11.4 Å². The van der Waals surface area contributed by atoms with Crippen molar-refractivity contribution >= 4 is 28.6 Å². The minimum absolute atomic E-state index is 0.559. The molecule has 22 heavy (non-hydrogen) atoms. The summed E-state index contributed by atoms with van der Waals surface area (Å²) in [6, 6.07) is 14.4. The van der Waals surface area contributed by atoms with E-state index in [2.05, 4.69) is 4.98 Å². The molecule has 0 aliphatic rings. The summed E-state index contributed by atoms with van der Waals surface area (Å²) in [6.07, 6.45) is 0.559. The summed E-state index contributed by atoms with van der Waals surface area (Å²) >= 11 is 5.90. The molecule has 0 saturated carbocycles. The number of imidazole rings is 1. The molecule has 1 atom stereocenters. The molecule has 112 valence electrons. The lowest BCUT2D eigenvalue weighted by atomic mass is 10.1. The Hall–Kier alpha value is -2.33. The van der Waals surface area contributed by atoms with Gasteiger partial charge in [-0.25, -0.2) is 9.78 Å². The minimum atomic E-state index is -0.875. The van der Waals surface area contributed by atoms with Gasteiger partial charge in [-0.1, -0.05) is 35.9 Å². The minimum Gasteiger partial charge on any atom is -0.480 e. The molecule has 4 nitrogen and oxygen atoms in total. The van der Waals surface area contributed by atoms with Crippen molar-refractivity contribution in [3.05, 3.63) is 64.9 Å². The lowest BCUT2D eigenvalue weighted by Crippen LogP contribution is -2.18. The average Bonchev–Trinajstić information content (AvgIpc) is 2.86. The average molecular weight is 315 g/mol. The monoisotopic (exact) mass is 314 g/mol. The van der Waals surface area contributed by atoms with Gasteiger partial charge in [0.25, 0.3) is 0 Å². The lowest BCUT2D eigenvalue weighted by molar-refractivity contribution is -0.140. The van der Waals surface area contributed by atoms with Crippen LogP contribution < -0.4 is 0 Å². The number of rotatable bonds is 4. The molecule has 2 aromatic carbocycles. The Morgan fingerprint density at radius 3 is 2.59 bits per heavy atom. The molecule has 1 heterocycles. The fourth-order valence-corrected chi connectivity index (χ4v) is 2.67. The van der Waals surface area contributed by atoms with Crippen LogP contribution in [0.25, 0.3) is 11.0 Å². The second-order valence-corrected chi connectivity index (χ2v) is 5.64. The van der Waals surface area contributed by atoms with Crippen molar-refractivity contribution < 1.29 is 9.90 Å². The van der Waals surface area contributed by atoms with Crippen LogP contribution in [0.15, 0.2) is 48.5 Å². The van der Waals surface area contributed by atoms with Crippen LogP contribution in [0.5, 0.6) is 0 Å². The van der Waals surface area contributed by atoms with Crippen LogP contribution in [0.4, 0.5) is 0 Å². The van der Waals surface area contributed by atoms with E-state index in [-0.39, 0.29) is 0 Å². The number of carbonyl (C=O) groups is 1. The first-order chi connectivity index (χ1) is 10.6. The molecule has 0 fully saturated rings. The van der Waals surface area contributed by atoms with Crippen LogP contribution in [0.1, 0.15) is 24.4 Å². The molecule has 1 N–H and O–H groups in total. The number of halogens is 1. The summed E-state index contributed by atoms with van der Waals surface area (Å²) in [4.78, 5) is 16.0. The van der Waals surface area contributed by atoms with Gasteiger partial charge in [-0.05, 0) is 36.8 Å². The molecule has 1 unspecified atom stereocenters. The van der Waals surface area contributed by atoms with Gasteiger partial charge in [0.1, 0.15) is 11.9 Å². The summed E-state index contributed by atoms with van der Waals surface area (Å²) in [5, 5.41) is 10.1. The zero-order valence-electron chi connectivity index (χ0n) is 12.0. The first kappa shape index (κ1) is 14.6. The number of hydrogen-bond donors (Lipinski definition) is 1. The third-order valence-corrected chi connectivity index (χ3v) is 3.94. The maximum atomic E-state index is 11.4. The number of benzene rings is 2. The van der Waals surface area contributed by atoms with E-state index in [9.17, 15) is 9.90 Å². The van der Waals surface area contributed by atoms with Crippen LogP contribution in [0.3, 0.4) is 0 Å². The zero-order valence-corrected chi connectivity index (χ0v) is 12.8. The normalized spacial score (nSPS) is 12.5. The molecule has 0 radical (unpaired) electrons. The maximum Gasteiger partial charge on any atom is 0.326 e. The Labute approximate surface area is 133 Å². The zero-order chi connectivity index (χ0) is 15.7. The van der Waals surface area contributed by atoms with E-state index in [1.54, 1.807) is 11.5 Å². The van der Waals surface area contributed by atoms with E-state index < -0.39 is 12.0 Å². The molecule has 0 bridgehead atoms. The number of nitrogens with zero attached hydrogens (tertiary/aromatic N) is 2. The van der Waals surface area contributed by atoms with Crippen LogP contribution >= 0.6 is 11.6 Å². The highest BCUT2D eigenvalue weighted by atomic mass is 35.5. The number of aliphatic carboxylic acids is 1. The predicted molar refractivity (Wildman–Crippen MR) is 86.3 cm³/mol. The topological polar surface area (TPSA) is 55.1 Å². The molecule has 5 heteroatoms. The first-order valence-electron chi connectivity index (χ1n) is 6.99. The number of fused-ring (bicyclic) bond motifs is 1. The Bertz CT molecular complexity index is 824. The van der Waals surface area contributed by atoms with Gasteiger partial charge in [-0.2, -0.15) is 0 Å². The van der Waals surface area contributed by atoms with Crippen LogP contribution in [0.2, 0.25) is 5.02 Å². The Kier molecular flexibility index (Phi) is 3.86. The van der Waals surface area contributed by atoms with E-state index >= 15 is 0 Å². The molecule has 0 saturated heterocycles. The Morgan fingerprint density at radius 1 is 1.23 bits per heavy atom. The van der Waals surface area contributed by atoms with Gasteiger partial charge in [0, 0.05) is 11.4 Å². The van der Waals surface area contributed by atoms with Gasteiger partial charge in [0.2, 0.25) is 0 Å². The highest BCUT2D eigenvalue weighted by molar-refractivity contribution is 6.30. The Morgan fingerprint density at radius 2 is 1.91 bits per heavy atom. The number of carboxylic acids is 1. The van der Waals surface area contributed by atoms with E-state index in [1.165, 1.54) is 0 Å². The molecule has 0 amide bonds. The second kappa shape index (κ2) is 5.81. The summed E-state index contributed by atoms with van der Waals surface area (Å²) in [6.45, 7) is 1.67. The molecular formula is C17H15ClN2O2. The molecule has 1 aromatic heterocycles. The Balaban J connectivity index is 2.09. The molecule has 0 aliphatic carbocycles. The summed E-state index contributed by atoms with van der Waals surface area (Å²) in [5.74, 6) is -0.140. The van der Waals surface area contributed by atoms with Crippen LogP contribution in [-0.4, -0.2) is 20.6 Å². The number of para-hydroxylation sites is 2. The van der Waals surface area contributed by atoms with Gasteiger partial charge in [-0.3, -0.25) is 0 Å². The molecular weight excluding hydrogens is 300 g/mol. The summed E-state index contributed by atoms with van der Waals surface area (Å²) < 4.78 is 1.78. The number of carboxylic acid groups (broad SMARTS) is 1. The fourth-order valence-electron chi connectivity index (χ4n) is 2.55. The predicted octanol–water partition coefficient (Wildman–Crippen LogP) is 3.93. The van der Waals surface area contributed by atoms with Crippen molar-refractivity contribution in [1.82, 2.24) is 9.55 Å². The van der Waals surface area contributed by atoms with Crippen molar-refractivity contribution in [1.29, 1.82) is 0 Å². The van der Waals surface area contributed by atoms with Crippen molar-refractivity contribution in [3.8, 4) is 0 Å². The SMILES string of the molecule is CC(C(=O)O)n1c(Cc2ccc(Cl)cc2)nc2ccccc21. The van der Waals surface area contributed by atoms with Gasteiger partial charge in [0.05, 0.1) is 11.0 Å². The van der Waals surface area contributed by atoms with Crippen molar-refractivity contribution in [2.24, 2.45) is 0 Å². The lowest BCUT2D eigenvalue weighted by Gasteiger charge is -2.13. The van der Waals surface area contributed by atoms with E-state index in [4.69, 9.17) is 11.6 Å². The van der Waals surface area contributed by atoms with Gasteiger partial charge < -0.3 is 9.67 Å². The smallest absolute Gasteiger partial charge is 0.326 e. The maximum absolute atomic E-state index is 11.4. The summed E-state index contributed by atoms with van der Waals surface area (Å²) in [5.41, 5.74) is 2.68. The van der Waals surface area contributed by atoms with Gasteiger partial charge in [0.15, 0.2) is 0 Å². The quantitative estimate of drug-likeness (QED) is 0.794. The van der Waals surface area contributed by atoms with Crippen molar-refractivity contribution in [2.45, 2.75) is 19.4 Å². The molecule has 0 aliphatic heterocycles. The number of aromatic nitrogens is 2. The van der Waals surface area contributed by atoms with Crippen LogP contribution in [0, 0.1) is 0 Å². The second-order valence-electron chi connectivity index (χ2n) is 5.20. The standard InChI is InChI=1S/C17H15ClN2O2/c1-11(17(21)22)20-15-5-3-2-4-14(15)19-16(20)10-12-6-8-13(18)9-7-12/h2-9,11H,10H2,1H3,(H,21,22). The first-order valence-corrected chi connectivity index (χ1v) is 7.37. The van der Waals surface area contributed by atoms with Gasteiger partial charge in [-0.15, -0.1) is 0 Å². The number of hydrogen-bond acceptors (Lipinski definition) is 2. The summed E-state index contributed by atoms with van der Waals surface area (Å²) in [7, 11) is 0. The fraction of sp³-hybridized carbons (Fsp3) is 0.176.